The smallest absolute Gasteiger partial charge is 0.0645 e. The Morgan fingerprint density at radius 1 is 0.220 bits per heavy atom. The largest absolute Gasteiger partial charge is 0.311 e. The summed E-state index contributed by atoms with van der Waals surface area (Å²) in [6, 6.07) is 61.4. The maximum atomic E-state index is 9.61. The first-order valence-electron chi connectivity index (χ1n) is 23.6. The molecule has 0 fully saturated rings. The molecule has 278 valence electrons. The SMILES string of the molecule is [2H]c1c([2H])c(N(c2ccc(-c3cccc(-c4ccccc4)c3)cc2)c2c([2H])c([2H])c(-c3cccc(-c4ccc5ccccc5c4)c3)c([2H])c2[2H])c([2H])c([2H])c1-c1ccc(-c2ccccc2)cc1. The third-order valence-electron chi connectivity index (χ3n) is 10.6. The summed E-state index contributed by atoms with van der Waals surface area (Å²) in [5.41, 5.74) is 8.73. The van der Waals surface area contributed by atoms with Gasteiger partial charge in [-0.25, -0.2) is 0 Å². The van der Waals surface area contributed by atoms with Crippen LogP contribution in [0.5, 0.6) is 0 Å². The van der Waals surface area contributed by atoms with E-state index in [0.717, 1.165) is 55.3 Å². The van der Waals surface area contributed by atoms with Gasteiger partial charge in [0.1, 0.15) is 0 Å². The Morgan fingerprint density at radius 2 is 0.559 bits per heavy atom. The van der Waals surface area contributed by atoms with Crippen LogP contribution in [0, 0.1) is 0 Å². The molecule has 0 radical (unpaired) electrons. The molecular weight excluding hydrogens is 711 g/mol. The van der Waals surface area contributed by atoms with Crippen molar-refractivity contribution < 1.29 is 11.0 Å². The van der Waals surface area contributed by atoms with Crippen LogP contribution < -0.4 is 4.90 Å². The fourth-order valence-electron chi connectivity index (χ4n) is 7.49. The number of hydrogen-bond acceptors (Lipinski definition) is 1. The van der Waals surface area contributed by atoms with E-state index in [0.29, 0.717) is 16.8 Å². The van der Waals surface area contributed by atoms with Gasteiger partial charge in [0.05, 0.1) is 11.0 Å². The molecule has 59 heavy (non-hydrogen) atoms. The number of nitrogens with zero attached hydrogens (tertiary/aromatic N) is 1. The number of benzene rings is 10. The Kier molecular flexibility index (Phi) is 7.54. The maximum absolute atomic E-state index is 9.61. The van der Waals surface area contributed by atoms with Crippen molar-refractivity contribution in [3.05, 3.63) is 249 Å². The lowest BCUT2D eigenvalue weighted by molar-refractivity contribution is 1.28. The lowest BCUT2D eigenvalue weighted by atomic mass is 9.97. The Bertz CT molecular complexity index is 3430. The van der Waals surface area contributed by atoms with Crippen molar-refractivity contribution in [2.24, 2.45) is 0 Å². The highest BCUT2D eigenvalue weighted by atomic mass is 15.1. The molecule has 10 aromatic rings. The van der Waals surface area contributed by atoms with E-state index in [1.165, 1.54) is 4.90 Å². The highest BCUT2D eigenvalue weighted by Crippen LogP contribution is 2.39. The fourth-order valence-corrected chi connectivity index (χ4v) is 7.49. The third kappa shape index (κ3) is 7.58. The van der Waals surface area contributed by atoms with Crippen molar-refractivity contribution in [2.75, 3.05) is 4.90 Å². The molecule has 0 saturated heterocycles. The molecule has 1 nitrogen and oxygen atoms in total. The van der Waals surface area contributed by atoms with Crippen molar-refractivity contribution >= 4 is 27.8 Å². The normalized spacial score (nSPS) is 12.9. The van der Waals surface area contributed by atoms with E-state index in [9.17, 15) is 11.0 Å². The predicted molar refractivity (Wildman–Crippen MR) is 251 cm³/mol. The monoisotopic (exact) mass is 759 g/mol. The predicted octanol–water partition coefficient (Wildman–Crippen LogP) is 16.3. The molecule has 0 atom stereocenters. The summed E-state index contributed by atoms with van der Waals surface area (Å²) in [6.45, 7) is 0. The summed E-state index contributed by atoms with van der Waals surface area (Å²) < 4.78 is 76.0. The van der Waals surface area contributed by atoms with Gasteiger partial charge in [0.25, 0.3) is 0 Å². The van der Waals surface area contributed by atoms with Crippen LogP contribution in [0.3, 0.4) is 0 Å². The van der Waals surface area contributed by atoms with Crippen LogP contribution in [0.4, 0.5) is 17.1 Å². The summed E-state index contributed by atoms with van der Waals surface area (Å²) in [5, 5.41) is 2.17. The molecule has 0 aromatic heterocycles. The molecule has 0 unspecified atom stereocenters. The lowest BCUT2D eigenvalue weighted by Crippen LogP contribution is -2.09. The van der Waals surface area contributed by atoms with Crippen LogP contribution in [-0.2, 0) is 0 Å². The molecule has 0 N–H and O–H groups in total. The van der Waals surface area contributed by atoms with Crippen LogP contribution in [0.1, 0.15) is 11.0 Å². The van der Waals surface area contributed by atoms with Crippen molar-refractivity contribution in [1.82, 2.24) is 0 Å². The van der Waals surface area contributed by atoms with E-state index < -0.39 is 24.2 Å². The third-order valence-corrected chi connectivity index (χ3v) is 10.6. The molecule has 0 aliphatic carbocycles. The minimum Gasteiger partial charge on any atom is -0.311 e. The number of anilines is 3. The van der Waals surface area contributed by atoms with E-state index in [2.05, 4.69) is 12.1 Å². The van der Waals surface area contributed by atoms with E-state index in [1.807, 2.05) is 158 Å². The summed E-state index contributed by atoms with van der Waals surface area (Å²) in [5.74, 6) is 0. The number of rotatable bonds is 9. The topological polar surface area (TPSA) is 3.24 Å². The zero-order valence-corrected chi connectivity index (χ0v) is 32.0. The zero-order chi connectivity index (χ0) is 46.3. The molecule has 10 aromatic carbocycles. The molecule has 0 aliphatic rings. The van der Waals surface area contributed by atoms with Gasteiger partial charge in [-0.15, -0.1) is 0 Å². The van der Waals surface area contributed by atoms with E-state index in [-0.39, 0.29) is 46.7 Å². The Hall–Kier alpha value is -7.74. The van der Waals surface area contributed by atoms with Gasteiger partial charge < -0.3 is 4.90 Å². The molecule has 0 bridgehead atoms. The van der Waals surface area contributed by atoms with Crippen LogP contribution in [-0.4, -0.2) is 0 Å². The fraction of sp³-hybridized carbons (Fsp3) is 0. The Balaban J connectivity index is 1.12. The number of hydrogen-bond donors (Lipinski definition) is 0. The van der Waals surface area contributed by atoms with E-state index >= 15 is 0 Å². The van der Waals surface area contributed by atoms with Crippen molar-refractivity contribution in [3.63, 3.8) is 0 Å². The summed E-state index contributed by atoms with van der Waals surface area (Å²) in [7, 11) is 0. The van der Waals surface area contributed by atoms with Crippen LogP contribution in [0.2, 0.25) is 0 Å². The molecule has 0 saturated carbocycles. The first-order chi connectivity index (χ1) is 32.6. The van der Waals surface area contributed by atoms with Gasteiger partial charge in [0.2, 0.25) is 0 Å². The molecule has 1 heteroatoms. The van der Waals surface area contributed by atoms with Gasteiger partial charge in [-0.2, -0.15) is 0 Å². The van der Waals surface area contributed by atoms with Gasteiger partial charge >= 0.3 is 0 Å². The van der Waals surface area contributed by atoms with Crippen LogP contribution in [0.25, 0.3) is 77.5 Å². The maximum Gasteiger partial charge on any atom is 0.0645 e. The van der Waals surface area contributed by atoms with E-state index in [1.54, 1.807) is 30.3 Å². The second-order valence-corrected chi connectivity index (χ2v) is 14.4. The highest BCUT2D eigenvalue weighted by molar-refractivity contribution is 5.88. The lowest BCUT2D eigenvalue weighted by Gasteiger charge is -2.26. The van der Waals surface area contributed by atoms with Gasteiger partial charge in [-0.3, -0.25) is 0 Å². The molecule has 0 heterocycles. The van der Waals surface area contributed by atoms with Crippen molar-refractivity contribution in [2.45, 2.75) is 0 Å². The quantitative estimate of drug-likeness (QED) is 0.142. The Labute approximate surface area is 358 Å². The summed E-state index contributed by atoms with van der Waals surface area (Å²) >= 11 is 0. The minimum atomic E-state index is -0.399. The minimum absolute atomic E-state index is 0.101. The second kappa shape index (κ2) is 16.0. The van der Waals surface area contributed by atoms with Crippen LogP contribution in [0.15, 0.2) is 249 Å². The molecule has 0 spiro atoms. The molecule has 0 aliphatic heterocycles. The van der Waals surface area contributed by atoms with E-state index in [4.69, 9.17) is 0 Å². The molecule has 0 amide bonds. The van der Waals surface area contributed by atoms with Gasteiger partial charge in [0, 0.05) is 17.1 Å². The zero-order valence-electron chi connectivity index (χ0n) is 40.0. The highest BCUT2D eigenvalue weighted by Gasteiger charge is 2.15. The Morgan fingerprint density at radius 3 is 1.12 bits per heavy atom. The average Bonchev–Trinajstić information content (AvgIpc) is 3.38. The molecule has 10 rings (SSSR count). The summed E-state index contributed by atoms with van der Waals surface area (Å²) in [4.78, 5) is 1.35. The van der Waals surface area contributed by atoms with Gasteiger partial charge in [0.15, 0.2) is 0 Å². The molecular formula is C58H41N. The average molecular weight is 760 g/mol. The number of fused-ring (bicyclic) bond motifs is 1. The standard InChI is InChI=1S/C58H41N/c1-3-11-42(12-4-1)45-21-23-46(24-22-45)47-27-33-56(34-28-47)59(57-35-29-48(30-36-57)52-18-9-17-51(39-52)43-13-5-2-6-14-43)58-37-31-49(32-38-58)53-19-10-20-54(40-53)55-26-25-44-15-7-8-16-50(44)41-55/h1-41H/i27D,28D,31D,32D,33D,34D,37D,38D. The van der Waals surface area contributed by atoms with Gasteiger partial charge in [-0.1, -0.05) is 194 Å². The first kappa shape index (κ1) is 27.8. The van der Waals surface area contributed by atoms with Gasteiger partial charge in [-0.05, 0) is 132 Å². The van der Waals surface area contributed by atoms with Crippen molar-refractivity contribution in [1.29, 1.82) is 0 Å². The first-order valence-corrected chi connectivity index (χ1v) is 19.6. The van der Waals surface area contributed by atoms with Crippen molar-refractivity contribution in [3.8, 4) is 66.8 Å². The second-order valence-electron chi connectivity index (χ2n) is 14.4. The van der Waals surface area contributed by atoms with Crippen LogP contribution >= 0.6 is 0 Å². The summed E-state index contributed by atoms with van der Waals surface area (Å²) in [6.07, 6.45) is 0.